The van der Waals surface area contributed by atoms with Crippen LogP contribution in [0.15, 0.2) is 45.5 Å². The van der Waals surface area contributed by atoms with Crippen molar-refractivity contribution in [2.75, 3.05) is 12.8 Å². The molecule has 3 aromatic rings. The number of aryl methyl sites for hydroxylation is 1. The van der Waals surface area contributed by atoms with Crippen LogP contribution in [0.2, 0.25) is 0 Å². The van der Waals surface area contributed by atoms with Gasteiger partial charge in [-0.1, -0.05) is 12.1 Å². The molecule has 0 saturated heterocycles. The third-order valence-corrected chi connectivity index (χ3v) is 3.70. The van der Waals surface area contributed by atoms with E-state index in [1.165, 1.54) is 0 Å². The van der Waals surface area contributed by atoms with E-state index in [4.69, 9.17) is 14.9 Å². The van der Waals surface area contributed by atoms with E-state index < -0.39 is 0 Å². The molecule has 3 rings (SSSR count). The molecule has 5 nitrogen and oxygen atoms in total. The molecule has 0 fully saturated rings. The maximum absolute atomic E-state index is 6.17. The molecule has 21 heavy (non-hydrogen) atoms. The van der Waals surface area contributed by atoms with Gasteiger partial charge < -0.3 is 14.9 Å². The highest BCUT2D eigenvalue weighted by Gasteiger charge is 2.19. The quantitative estimate of drug-likeness (QED) is 0.784. The summed E-state index contributed by atoms with van der Waals surface area (Å²) in [5, 5.41) is 4.46. The van der Waals surface area contributed by atoms with E-state index >= 15 is 0 Å². The van der Waals surface area contributed by atoms with Gasteiger partial charge in [0.2, 0.25) is 0 Å². The fraction of sp³-hybridized carbons (Fsp3) is 0.133. The molecule has 6 heteroatoms. The maximum Gasteiger partial charge on any atom is 0.169 e. The number of nitrogens with two attached hydrogens (primary N) is 1. The zero-order chi connectivity index (χ0) is 15.0. The second kappa shape index (κ2) is 5.29. The molecule has 1 aromatic carbocycles. The fourth-order valence-electron chi connectivity index (χ4n) is 2.19. The Bertz CT molecular complexity index is 775. The van der Waals surface area contributed by atoms with Gasteiger partial charge in [0.25, 0.3) is 0 Å². The van der Waals surface area contributed by atoms with Crippen LogP contribution in [0.5, 0.6) is 5.75 Å². The molecule has 2 N–H and O–H groups in total. The van der Waals surface area contributed by atoms with Crippen LogP contribution in [-0.2, 0) is 7.05 Å². The van der Waals surface area contributed by atoms with Gasteiger partial charge >= 0.3 is 0 Å². The number of furan rings is 1. The van der Waals surface area contributed by atoms with Gasteiger partial charge in [-0.25, -0.2) is 0 Å². The number of benzene rings is 1. The first kappa shape index (κ1) is 13.8. The molecule has 0 aliphatic heterocycles. The summed E-state index contributed by atoms with van der Waals surface area (Å²) in [5.74, 6) is 2.05. The lowest BCUT2D eigenvalue weighted by Crippen LogP contribution is -1.98. The zero-order valence-corrected chi connectivity index (χ0v) is 13.2. The highest BCUT2D eigenvalue weighted by molar-refractivity contribution is 9.10. The van der Waals surface area contributed by atoms with Gasteiger partial charge in [0.1, 0.15) is 17.3 Å². The molecule has 2 heterocycles. The Kier molecular flexibility index (Phi) is 3.47. The molecule has 108 valence electrons. The maximum atomic E-state index is 6.17. The third kappa shape index (κ3) is 2.42. The summed E-state index contributed by atoms with van der Waals surface area (Å²) in [5.41, 5.74) is 8.69. The fourth-order valence-corrected chi connectivity index (χ4v) is 2.50. The highest BCUT2D eigenvalue weighted by atomic mass is 79.9. The van der Waals surface area contributed by atoms with Crippen molar-refractivity contribution in [3.63, 3.8) is 0 Å². The van der Waals surface area contributed by atoms with Crippen LogP contribution >= 0.6 is 15.9 Å². The van der Waals surface area contributed by atoms with E-state index in [-0.39, 0.29) is 0 Å². The number of anilines is 1. The number of ether oxygens (including phenoxy) is 1. The summed E-state index contributed by atoms with van der Waals surface area (Å²) >= 11 is 3.31. The summed E-state index contributed by atoms with van der Waals surface area (Å²) in [6, 6.07) is 11.4. The number of nitrogen functional groups attached to an aromatic ring is 1. The number of methoxy groups -OCH3 is 1. The number of nitrogens with zero attached hydrogens (tertiary/aromatic N) is 2. The molecule has 0 aliphatic carbocycles. The molecule has 0 amide bonds. The van der Waals surface area contributed by atoms with Crippen molar-refractivity contribution < 1.29 is 9.15 Å². The number of rotatable bonds is 3. The van der Waals surface area contributed by atoms with Gasteiger partial charge in [-0.3, -0.25) is 4.68 Å². The molecule has 0 unspecified atom stereocenters. The SMILES string of the molecule is COc1ccc(-c2c(-c3ccc(Br)o3)nn(C)c2N)cc1. The molecular formula is C15H14BrN3O2. The van der Waals surface area contributed by atoms with Crippen molar-refractivity contribution in [1.82, 2.24) is 9.78 Å². The Hall–Kier alpha value is -2.21. The van der Waals surface area contributed by atoms with E-state index in [0.29, 0.717) is 21.9 Å². The topological polar surface area (TPSA) is 66.2 Å². The lowest BCUT2D eigenvalue weighted by atomic mass is 10.0. The average molecular weight is 348 g/mol. The number of hydrogen-bond donors (Lipinski definition) is 1. The number of halogens is 1. The van der Waals surface area contributed by atoms with Crippen LogP contribution < -0.4 is 10.5 Å². The van der Waals surface area contributed by atoms with Crippen LogP contribution in [0.1, 0.15) is 0 Å². The second-order valence-electron chi connectivity index (χ2n) is 4.56. The molecule has 0 spiro atoms. The van der Waals surface area contributed by atoms with Crippen molar-refractivity contribution in [2.24, 2.45) is 7.05 Å². The second-order valence-corrected chi connectivity index (χ2v) is 5.35. The van der Waals surface area contributed by atoms with Crippen LogP contribution in [0, 0.1) is 0 Å². The molecule has 2 aromatic heterocycles. The van der Waals surface area contributed by atoms with Crippen LogP contribution in [0.3, 0.4) is 0 Å². The van der Waals surface area contributed by atoms with E-state index in [2.05, 4.69) is 21.0 Å². The molecule has 0 radical (unpaired) electrons. The van der Waals surface area contributed by atoms with Crippen molar-refractivity contribution in [3.05, 3.63) is 41.1 Å². The van der Waals surface area contributed by atoms with Gasteiger partial charge in [-0.05, 0) is 45.8 Å². The van der Waals surface area contributed by atoms with E-state index in [9.17, 15) is 0 Å². The number of hydrogen-bond acceptors (Lipinski definition) is 4. The van der Waals surface area contributed by atoms with Gasteiger partial charge in [-0.2, -0.15) is 5.10 Å². The van der Waals surface area contributed by atoms with Crippen LogP contribution in [-0.4, -0.2) is 16.9 Å². The van der Waals surface area contributed by atoms with E-state index in [0.717, 1.165) is 16.9 Å². The Labute approximate surface area is 130 Å². The minimum atomic E-state index is 0.586. The van der Waals surface area contributed by atoms with Gasteiger partial charge in [0, 0.05) is 7.05 Å². The van der Waals surface area contributed by atoms with Gasteiger partial charge in [0.15, 0.2) is 10.4 Å². The standard InChI is InChI=1S/C15H14BrN3O2/c1-19-15(17)13(9-3-5-10(20-2)6-4-9)14(18-19)11-7-8-12(16)21-11/h3-8H,17H2,1-2H3. The Morgan fingerprint density at radius 1 is 1.19 bits per heavy atom. The minimum absolute atomic E-state index is 0.586. The van der Waals surface area contributed by atoms with Gasteiger partial charge in [-0.15, -0.1) is 0 Å². The highest BCUT2D eigenvalue weighted by Crippen LogP contribution is 2.37. The summed E-state index contributed by atoms with van der Waals surface area (Å²) in [7, 11) is 3.45. The Balaban J connectivity index is 2.16. The predicted octanol–water partition coefficient (Wildman–Crippen LogP) is 3.70. The zero-order valence-electron chi connectivity index (χ0n) is 11.6. The molecule has 0 bridgehead atoms. The van der Waals surface area contributed by atoms with Crippen LogP contribution in [0.4, 0.5) is 5.82 Å². The lowest BCUT2D eigenvalue weighted by Gasteiger charge is -2.04. The largest absolute Gasteiger partial charge is 0.497 e. The lowest BCUT2D eigenvalue weighted by molar-refractivity contribution is 0.415. The minimum Gasteiger partial charge on any atom is -0.497 e. The Morgan fingerprint density at radius 2 is 1.90 bits per heavy atom. The average Bonchev–Trinajstić information content (AvgIpc) is 3.04. The summed E-state index contributed by atoms with van der Waals surface area (Å²) in [4.78, 5) is 0. The third-order valence-electron chi connectivity index (χ3n) is 3.28. The normalized spacial score (nSPS) is 10.8. The molecule has 0 atom stereocenters. The van der Waals surface area contributed by atoms with E-state index in [1.807, 2.05) is 43.4 Å². The smallest absolute Gasteiger partial charge is 0.169 e. The van der Waals surface area contributed by atoms with Crippen molar-refractivity contribution in [3.8, 4) is 28.3 Å². The first-order valence-corrected chi connectivity index (χ1v) is 7.12. The first-order chi connectivity index (χ1) is 10.1. The van der Waals surface area contributed by atoms with Crippen molar-refractivity contribution >= 4 is 21.7 Å². The summed E-state index contributed by atoms with van der Waals surface area (Å²) in [6.07, 6.45) is 0. The number of aromatic nitrogens is 2. The summed E-state index contributed by atoms with van der Waals surface area (Å²) < 4.78 is 13.1. The van der Waals surface area contributed by atoms with Crippen LogP contribution in [0.25, 0.3) is 22.6 Å². The van der Waals surface area contributed by atoms with Crippen molar-refractivity contribution in [1.29, 1.82) is 0 Å². The summed E-state index contributed by atoms with van der Waals surface area (Å²) in [6.45, 7) is 0. The monoisotopic (exact) mass is 347 g/mol. The van der Waals surface area contributed by atoms with Gasteiger partial charge in [0.05, 0.1) is 12.7 Å². The predicted molar refractivity (Wildman–Crippen MR) is 85.0 cm³/mol. The molecular weight excluding hydrogens is 334 g/mol. The molecule has 0 saturated carbocycles. The Morgan fingerprint density at radius 3 is 2.48 bits per heavy atom. The molecule has 0 aliphatic rings. The first-order valence-electron chi connectivity index (χ1n) is 6.32. The van der Waals surface area contributed by atoms with E-state index in [1.54, 1.807) is 11.8 Å². The van der Waals surface area contributed by atoms with Crippen molar-refractivity contribution in [2.45, 2.75) is 0 Å².